The van der Waals surface area contributed by atoms with Crippen LogP contribution in [-0.4, -0.2) is 36.5 Å². The first-order valence-corrected chi connectivity index (χ1v) is 7.78. The predicted molar refractivity (Wildman–Crippen MR) is 83.7 cm³/mol. The fourth-order valence-corrected chi connectivity index (χ4v) is 3.41. The van der Waals surface area contributed by atoms with Crippen molar-refractivity contribution in [3.63, 3.8) is 0 Å². The molecule has 1 aliphatic heterocycles. The summed E-state index contributed by atoms with van der Waals surface area (Å²) in [6.45, 7) is 4.24. The third kappa shape index (κ3) is 4.23. The third-order valence-corrected chi connectivity index (χ3v) is 4.57. The van der Waals surface area contributed by atoms with Crippen LogP contribution in [0, 0.1) is 4.91 Å². The molecule has 0 bridgehead atoms. The van der Waals surface area contributed by atoms with Crippen LogP contribution in [0.2, 0.25) is 0 Å². The minimum atomic E-state index is 0.0248. The third-order valence-electron chi connectivity index (χ3n) is 3.27. The lowest BCUT2D eigenvalue weighted by atomic mass is 10.2. The molecule has 108 valence electrons. The van der Waals surface area contributed by atoms with Gasteiger partial charge in [0.2, 0.25) is 5.91 Å². The van der Waals surface area contributed by atoms with Crippen molar-refractivity contribution >= 4 is 29.0 Å². The van der Waals surface area contributed by atoms with Gasteiger partial charge < -0.3 is 10.2 Å². The number of hydrogen-bond donors (Lipinski definition) is 1. The molecule has 6 heteroatoms. The number of amides is 1. The van der Waals surface area contributed by atoms with Crippen molar-refractivity contribution in [1.82, 2.24) is 5.32 Å². The van der Waals surface area contributed by atoms with Gasteiger partial charge in [-0.25, -0.2) is 0 Å². The van der Waals surface area contributed by atoms with Gasteiger partial charge in [-0.15, -0.1) is 4.91 Å². The molecule has 0 aliphatic carbocycles. The van der Waals surface area contributed by atoms with Crippen LogP contribution in [-0.2, 0) is 4.79 Å². The molecule has 1 aromatic carbocycles. The first kappa shape index (κ1) is 14.8. The molecule has 1 unspecified atom stereocenters. The quantitative estimate of drug-likeness (QED) is 0.647. The topological polar surface area (TPSA) is 61.8 Å². The van der Waals surface area contributed by atoms with E-state index in [9.17, 15) is 9.70 Å². The maximum absolute atomic E-state index is 10.8. The summed E-state index contributed by atoms with van der Waals surface area (Å²) >= 11 is 1.89. The zero-order valence-electron chi connectivity index (χ0n) is 11.5. The minimum absolute atomic E-state index is 0.0248. The second kappa shape index (κ2) is 7.28. The van der Waals surface area contributed by atoms with Crippen LogP contribution < -0.4 is 10.2 Å². The molecular weight excluding hydrogens is 274 g/mol. The number of benzene rings is 1. The van der Waals surface area contributed by atoms with Crippen LogP contribution in [0.3, 0.4) is 0 Å². The highest BCUT2D eigenvalue weighted by Gasteiger charge is 2.22. The molecule has 1 amide bonds. The molecule has 0 saturated carbocycles. The van der Waals surface area contributed by atoms with E-state index in [0.29, 0.717) is 10.9 Å². The Kier molecular flexibility index (Phi) is 5.40. The van der Waals surface area contributed by atoms with E-state index in [4.69, 9.17) is 0 Å². The van der Waals surface area contributed by atoms with Gasteiger partial charge in [-0.1, -0.05) is 6.07 Å². The summed E-state index contributed by atoms with van der Waals surface area (Å²) in [7, 11) is 0. The Morgan fingerprint density at radius 1 is 1.55 bits per heavy atom. The van der Waals surface area contributed by atoms with Crippen molar-refractivity contribution in [1.29, 1.82) is 0 Å². The molecule has 1 heterocycles. The summed E-state index contributed by atoms with van der Waals surface area (Å²) in [5.74, 6) is 0.963. The van der Waals surface area contributed by atoms with E-state index in [-0.39, 0.29) is 5.91 Å². The van der Waals surface area contributed by atoms with Crippen LogP contribution in [0.15, 0.2) is 29.4 Å². The van der Waals surface area contributed by atoms with Gasteiger partial charge >= 0.3 is 0 Å². The zero-order chi connectivity index (χ0) is 14.4. The molecule has 1 aliphatic rings. The molecule has 1 aromatic rings. The zero-order valence-corrected chi connectivity index (χ0v) is 12.4. The largest absolute Gasteiger partial charge is 0.370 e. The van der Waals surface area contributed by atoms with E-state index in [2.05, 4.69) is 15.4 Å². The second-order valence-corrected chi connectivity index (χ2v) is 6.23. The lowest BCUT2D eigenvalue weighted by Gasteiger charge is -2.18. The number of carbonyl (C=O) groups is 1. The molecule has 20 heavy (non-hydrogen) atoms. The highest BCUT2D eigenvalue weighted by molar-refractivity contribution is 7.99. The minimum Gasteiger partial charge on any atom is -0.370 e. The number of nitrogens with zero attached hydrogens (tertiary/aromatic N) is 2. The van der Waals surface area contributed by atoms with Crippen LogP contribution in [0.5, 0.6) is 0 Å². The van der Waals surface area contributed by atoms with Crippen molar-refractivity contribution in [2.24, 2.45) is 5.18 Å². The number of carbonyl (C=O) groups excluding carboxylic acids is 1. The molecular formula is C14H19N3O2S. The summed E-state index contributed by atoms with van der Waals surface area (Å²) in [4.78, 5) is 23.6. The molecule has 1 N–H and O–H groups in total. The second-order valence-electron chi connectivity index (χ2n) is 4.82. The first-order valence-electron chi connectivity index (χ1n) is 6.73. The standard InChI is InChI=1S/C14H19N3O2S/c1-11(18)15-6-8-20-14-5-7-17(10-14)13-4-2-3-12(9-13)16-19/h2-4,9,14H,5-8,10H2,1H3,(H,15,18). The number of nitroso groups, excluding NO2 is 1. The van der Waals surface area contributed by atoms with E-state index >= 15 is 0 Å². The fraction of sp³-hybridized carbons (Fsp3) is 0.500. The number of anilines is 1. The van der Waals surface area contributed by atoms with Crippen molar-refractivity contribution < 1.29 is 4.79 Å². The van der Waals surface area contributed by atoms with Crippen LogP contribution in [0.1, 0.15) is 13.3 Å². The van der Waals surface area contributed by atoms with Crippen LogP contribution >= 0.6 is 11.8 Å². The van der Waals surface area contributed by atoms with Gasteiger partial charge in [-0.05, 0) is 29.8 Å². The van der Waals surface area contributed by atoms with Crippen LogP contribution in [0.4, 0.5) is 11.4 Å². The van der Waals surface area contributed by atoms with Crippen molar-refractivity contribution in [2.45, 2.75) is 18.6 Å². The molecule has 1 fully saturated rings. The summed E-state index contributed by atoms with van der Waals surface area (Å²) in [5, 5.41) is 6.36. The molecule has 5 nitrogen and oxygen atoms in total. The van der Waals surface area contributed by atoms with Gasteiger partial charge in [0.05, 0.1) is 0 Å². The van der Waals surface area contributed by atoms with Gasteiger partial charge in [0, 0.05) is 43.2 Å². The Hall–Kier alpha value is -1.56. The summed E-state index contributed by atoms with van der Waals surface area (Å²) in [5.41, 5.74) is 1.54. The summed E-state index contributed by atoms with van der Waals surface area (Å²) in [6.07, 6.45) is 1.13. The maximum Gasteiger partial charge on any atom is 0.216 e. The molecule has 1 atom stereocenters. The number of nitrogens with one attached hydrogen (secondary N) is 1. The Bertz CT molecular complexity index is 481. The van der Waals surface area contributed by atoms with Crippen molar-refractivity contribution in [3.8, 4) is 0 Å². The number of hydrogen-bond acceptors (Lipinski definition) is 5. The highest BCUT2D eigenvalue weighted by Crippen LogP contribution is 2.29. The Labute approximate surface area is 123 Å². The summed E-state index contributed by atoms with van der Waals surface area (Å²) in [6, 6.07) is 7.42. The molecule has 0 spiro atoms. The predicted octanol–water partition coefficient (Wildman–Crippen LogP) is 2.53. The first-order chi connectivity index (χ1) is 9.69. The number of thioether (sulfide) groups is 1. The molecule has 2 rings (SSSR count). The van der Waals surface area contributed by atoms with Gasteiger partial charge in [0.25, 0.3) is 0 Å². The van der Waals surface area contributed by atoms with E-state index in [0.717, 1.165) is 37.5 Å². The lowest BCUT2D eigenvalue weighted by molar-refractivity contribution is -0.118. The average molecular weight is 293 g/mol. The van der Waals surface area contributed by atoms with Gasteiger partial charge in [0.15, 0.2) is 0 Å². The molecule has 1 saturated heterocycles. The van der Waals surface area contributed by atoms with E-state index in [1.807, 2.05) is 30.0 Å². The van der Waals surface area contributed by atoms with Crippen molar-refractivity contribution in [3.05, 3.63) is 29.2 Å². The van der Waals surface area contributed by atoms with Gasteiger partial charge in [0.1, 0.15) is 5.69 Å². The van der Waals surface area contributed by atoms with E-state index < -0.39 is 0 Å². The molecule has 0 radical (unpaired) electrons. The van der Waals surface area contributed by atoms with Gasteiger partial charge in [-0.2, -0.15) is 11.8 Å². The highest BCUT2D eigenvalue weighted by atomic mass is 32.2. The summed E-state index contributed by atoms with van der Waals surface area (Å²) < 4.78 is 0. The molecule has 0 aromatic heterocycles. The number of rotatable bonds is 6. The smallest absolute Gasteiger partial charge is 0.216 e. The maximum atomic E-state index is 10.8. The Morgan fingerprint density at radius 3 is 3.15 bits per heavy atom. The van der Waals surface area contributed by atoms with E-state index in [1.165, 1.54) is 6.92 Å². The van der Waals surface area contributed by atoms with Gasteiger partial charge in [-0.3, -0.25) is 4.79 Å². The SMILES string of the molecule is CC(=O)NCCSC1CCN(c2cccc(N=O)c2)C1. The monoisotopic (exact) mass is 293 g/mol. The average Bonchev–Trinajstić information content (AvgIpc) is 2.92. The Morgan fingerprint density at radius 2 is 2.40 bits per heavy atom. The fourth-order valence-electron chi connectivity index (χ4n) is 2.30. The van der Waals surface area contributed by atoms with Crippen molar-refractivity contribution in [2.75, 3.05) is 30.3 Å². The van der Waals surface area contributed by atoms with E-state index in [1.54, 1.807) is 6.07 Å². The Balaban J connectivity index is 1.79. The lowest BCUT2D eigenvalue weighted by Crippen LogP contribution is -2.24. The van der Waals surface area contributed by atoms with Crippen LogP contribution in [0.25, 0.3) is 0 Å². The normalized spacial score (nSPS) is 18.1.